The SMILES string of the molecule is CCC1(COC2CC3C=CC2C3)CCO1. The largest absolute Gasteiger partial charge is 0.375 e. The van der Waals surface area contributed by atoms with Crippen molar-refractivity contribution in [1.82, 2.24) is 0 Å². The number of fused-ring (bicyclic) bond motifs is 2. The standard InChI is InChI=1S/C13H20O2/c1-2-13(5-6-15-13)9-14-12-8-10-3-4-11(12)7-10/h3-4,10-12H,2,5-9H2,1H3. The third-order valence-electron chi connectivity index (χ3n) is 4.39. The maximum absolute atomic E-state index is 6.06. The van der Waals surface area contributed by atoms with Gasteiger partial charge in [0.1, 0.15) is 0 Å². The fourth-order valence-electron chi connectivity index (χ4n) is 3.07. The molecule has 1 saturated carbocycles. The zero-order valence-electron chi connectivity index (χ0n) is 9.45. The summed E-state index contributed by atoms with van der Waals surface area (Å²) in [5.74, 6) is 1.50. The first kappa shape index (κ1) is 9.86. The van der Waals surface area contributed by atoms with Gasteiger partial charge in [-0.3, -0.25) is 0 Å². The Bertz CT molecular complexity index is 262. The zero-order valence-corrected chi connectivity index (χ0v) is 9.45. The van der Waals surface area contributed by atoms with Gasteiger partial charge in [-0.1, -0.05) is 19.1 Å². The molecule has 4 atom stereocenters. The first-order valence-electron chi connectivity index (χ1n) is 6.25. The minimum absolute atomic E-state index is 0.0749. The molecule has 1 heterocycles. The monoisotopic (exact) mass is 208 g/mol. The first-order chi connectivity index (χ1) is 7.31. The van der Waals surface area contributed by atoms with Gasteiger partial charge in [0.2, 0.25) is 0 Å². The topological polar surface area (TPSA) is 18.5 Å². The lowest BCUT2D eigenvalue weighted by Crippen LogP contribution is -2.48. The first-order valence-corrected chi connectivity index (χ1v) is 6.25. The molecule has 0 spiro atoms. The minimum Gasteiger partial charge on any atom is -0.375 e. The quantitative estimate of drug-likeness (QED) is 0.661. The minimum atomic E-state index is 0.0749. The molecule has 2 aliphatic carbocycles. The van der Waals surface area contributed by atoms with Crippen LogP contribution in [-0.2, 0) is 9.47 Å². The Balaban J connectivity index is 1.52. The third-order valence-corrected chi connectivity index (χ3v) is 4.39. The molecule has 0 aromatic heterocycles. The summed E-state index contributed by atoms with van der Waals surface area (Å²) >= 11 is 0. The van der Waals surface area contributed by atoms with E-state index >= 15 is 0 Å². The highest BCUT2D eigenvalue weighted by molar-refractivity contribution is 5.11. The molecule has 2 fully saturated rings. The zero-order chi connectivity index (χ0) is 10.3. The summed E-state index contributed by atoms with van der Waals surface area (Å²) in [7, 11) is 0. The van der Waals surface area contributed by atoms with Crippen LogP contribution in [0.4, 0.5) is 0 Å². The smallest absolute Gasteiger partial charge is 0.0934 e. The lowest BCUT2D eigenvalue weighted by atomic mass is 9.92. The molecule has 3 aliphatic rings. The summed E-state index contributed by atoms with van der Waals surface area (Å²) in [5.41, 5.74) is 0.0749. The van der Waals surface area contributed by atoms with Crippen LogP contribution in [0.1, 0.15) is 32.6 Å². The summed E-state index contributed by atoms with van der Waals surface area (Å²) < 4.78 is 11.7. The Morgan fingerprint density at radius 3 is 2.73 bits per heavy atom. The van der Waals surface area contributed by atoms with Gasteiger partial charge in [0.25, 0.3) is 0 Å². The highest BCUT2D eigenvalue weighted by Crippen LogP contribution is 2.41. The molecule has 0 N–H and O–H groups in total. The van der Waals surface area contributed by atoms with Crippen LogP contribution in [0, 0.1) is 11.8 Å². The summed E-state index contributed by atoms with van der Waals surface area (Å²) in [6, 6.07) is 0. The molecule has 84 valence electrons. The van der Waals surface area contributed by atoms with Crippen LogP contribution in [0.3, 0.4) is 0 Å². The second-order valence-corrected chi connectivity index (χ2v) is 5.26. The maximum atomic E-state index is 6.06. The second-order valence-electron chi connectivity index (χ2n) is 5.26. The van der Waals surface area contributed by atoms with Crippen LogP contribution < -0.4 is 0 Å². The highest BCUT2D eigenvalue weighted by atomic mass is 16.6. The summed E-state index contributed by atoms with van der Waals surface area (Å²) in [6.45, 7) is 3.93. The van der Waals surface area contributed by atoms with Crippen molar-refractivity contribution in [3.63, 3.8) is 0 Å². The van der Waals surface area contributed by atoms with Crippen molar-refractivity contribution in [2.45, 2.75) is 44.3 Å². The Morgan fingerprint density at radius 2 is 2.27 bits per heavy atom. The van der Waals surface area contributed by atoms with Gasteiger partial charge in [-0.05, 0) is 25.2 Å². The van der Waals surface area contributed by atoms with Crippen LogP contribution in [-0.4, -0.2) is 24.9 Å². The van der Waals surface area contributed by atoms with Gasteiger partial charge in [0.05, 0.1) is 24.9 Å². The van der Waals surface area contributed by atoms with Gasteiger partial charge >= 0.3 is 0 Å². The number of rotatable bonds is 4. The van der Waals surface area contributed by atoms with Crippen LogP contribution in [0.5, 0.6) is 0 Å². The van der Waals surface area contributed by atoms with Crippen LogP contribution in [0.15, 0.2) is 12.2 Å². The molecule has 1 saturated heterocycles. The molecular weight excluding hydrogens is 188 g/mol. The van der Waals surface area contributed by atoms with Crippen LogP contribution in [0.2, 0.25) is 0 Å². The Hall–Kier alpha value is -0.340. The van der Waals surface area contributed by atoms with E-state index in [4.69, 9.17) is 9.47 Å². The molecule has 0 radical (unpaired) electrons. The van der Waals surface area contributed by atoms with E-state index in [9.17, 15) is 0 Å². The molecule has 3 rings (SSSR count). The summed E-state index contributed by atoms with van der Waals surface area (Å²) in [4.78, 5) is 0. The van der Waals surface area contributed by atoms with Crippen LogP contribution >= 0.6 is 0 Å². The van der Waals surface area contributed by atoms with Crippen molar-refractivity contribution >= 4 is 0 Å². The molecule has 0 aromatic rings. The normalized spacial score (nSPS) is 47.1. The van der Waals surface area contributed by atoms with Crippen molar-refractivity contribution in [3.8, 4) is 0 Å². The van der Waals surface area contributed by atoms with Gasteiger partial charge in [-0.2, -0.15) is 0 Å². The maximum Gasteiger partial charge on any atom is 0.0934 e. The van der Waals surface area contributed by atoms with Crippen molar-refractivity contribution in [2.24, 2.45) is 11.8 Å². The number of hydrogen-bond acceptors (Lipinski definition) is 2. The van der Waals surface area contributed by atoms with Gasteiger partial charge < -0.3 is 9.47 Å². The fourth-order valence-corrected chi connectivity index (χ4v) is 3.07. The van der Waals surface area contributed by atoms with Crippen molar-refractivity contribution in [1.29, 1.82) is 0 Å². The van der Waals surface area contributed by atoms with Gasteiger partial charge in [-0.15, -0.1) is 0 Å². The van der Waals surface area contributed by atoms with Crippen LogP contribution in [0.25, 0.3) is 0 Å². The van der Waals surface area contributed by atoms with Crippen molar-refractivity contribution in [3.05, 3.63) is 12.2 Å². The fraction of sp³-hybridized carbons (Fsp3) is 0.846. The highest BCUT2D eigenvalue weighted by Gasteiger charge is 2.41. The number of hydrogen-bond donors (Lipinski definition) is 0. The lowest BCUT2D eigenvalue weighted by molar-refractivity contribution is -0.192. The predicted octanol–water partition coefficient (Wildman–Crippen LogP) is 2.54. The van der Waals surface area contributed by atoms with E-state index in [-0.39, 0.29) is 5.60 Å². The predicted molar refractivity (Wildman–Crippen MR) is 58.7 cm³/mol. The molecule has 2 heteroatoms. The number of allylic oxidation sites excluding steroid dienone is 1. The Morgan fingerprint density at radius 1 is 1.40 bits per heavy atom. The van der Waals surface area contributed by atoms with E-state index in [1.54, 1.807) is 0 Å². The van der Waals surface area contributed by atoms with E-state index in [0.717, 1.165) is 25.6 Å². The average molecular weight is 208 g/mol. The van der Waals surface area contributed by atoms with E-state index < -0.39 is 0 Å². The lowest BCUT2D eigenvalue weighted by Gasteiger charge is -2.42. The molecule has 0 amide bonds. The Labute approximate surface area is 91.6 Å². The molecule has 4 unspecified atom stereocenters. The molecule has 1 aliphatic heterocycles. The molecular formula is C13H20O2. The molecule has 2 nitrogen and oxygen atoms in total. The second kappa shape index (κ2) is 3.60. The number of ether oxygens (including phenoxy) is 2. The molecule has 15 heavy (non-hydrogen) atoms. The van der Waals surface area contributed by atoms with Crippen molar-refractivity contribution < 1.29 is 9.47 Å². The molecule has 0 aromatic carbocycles. The summed E-state index contributed by atoms with van der Waals surface area (Å²) in [6.07, 6.45) is 10.0. The summed E-state index contributed by atoms with van der Waals surface area (Å²) in [5, 5.41) is 0. The Kier molecular flexibility index (Phi) is 2.37. The van der Waals surface area contributed by atoms with E-state index in [1.807, 2.05) is 0 Å². The van der Waals surface area contributed by atoms with Gasteiger partial charge in [0, 0.05) is 12.3 Å². The third kappa shape index (κ3) is 1.64. The average Bonchev–Trinajstić information content (AvgIpc) is 2.78. The van der Waals surface area contributed by atoms with E-state index in [2.05, 4.69) is 19.1 Å². The van der Waals surface area contributed by atoms with E-state index in [1.165, 1.54) is 19.3 Å². The molecule has 2 bridgehead atoms. The van der Waals surface area contributed by atoms with Gasteiger partial charge in [0.15, 0.2) is 0 Å². The van der Waals surface area contributed by atoms with Crippen molar-refractivity contribution in [2.75, 3.05) is 13.2 Å². The van der Waals surface area contributed by atoms with Gasteiger partial charge in [-0.25, -0.2) is 0 Å². The van der Waals surface area contributed by atoms with E-state index in [0.29, 0.717) is 12.0 Å².